The van der Waals surface area contributed by atoms with Crippen LogP contribution in [0.4, 0.5) is 0 Å². The van der Waals surface area contributed by atoms with Crippen molar-refractivity contribution in [2.45, 2.75) is 37.9 Å². The zero-order valence-corrected chi connectivity index (χ0v) is 10.7. The van der Waals surface area contributed by atoms with Gasteiger partial charge in [0.05, 0.1) is 18.4 Å². The van der Waals surface area contributed by atoms with Crippen molar-refractivity contribution in [2.24, 2.45) is 5.16 Å². The molecule has 1 N–H and O–H groups in total. The van der Waals surface area contributed by atoms with E-state index >= 15 is 0 Å². The van der Waals surface area contributed by atoms with Crippen LogP contribution in [-0.2, 0) is 14.2 Å². The second-order valence-corrected chi connectivity index (χ2v) is 4.91. The molecular formula is C14H17NO4. The molecule has 19 heavy (non-hydrogen) atoms. The third kappa shape index (κ3) is 2.49. The molecule has 0 spiro atoms. The molecule has 1 aromatic rings. The molecule has 4 atom stereocenters. The summed E-state index contributed by atoms with van der Waals surface area (Å²) < 4.78 is 17.3. The Labute approximate surface area is 111 Å². The van der Waals surface area contributed by atoms with Gasteiger partial charge in [-0.15, -0.1) is 0 Å². The van der Waals surface area contributed by atoms with Crippen molar-refractivity contribution in [1.29, 1.82) is 0 Å². The fraction of sp³-hybridized carbons (Fsp3) is 0.500. The van der Waals surface area contributed by atoms with Crippen LogP contribution in [0.5, 0.6) is 0 Å². The van der Waals surface area contributed by atoms with Gasteiger partial charge in [0.2, 0.25) is 0 Å². The molecule has 5 nitrogen and oxygen atoms in total. The molecule has 1 aromatic carbocycles. The largest absolute Gasteiger partial charge is 0.411 e. The maximum atomic E-state index is 9.12. The Hall–Kier alpha value is -1.43. The first kappa shape index (κ1) is 12.6. The summed E-state index contributed by atoms with van der Waals surface area (Å²) in [5, 5.41) is 12.5. The molecule has 2 heterocycles. The minimum Gasteiger partial charge on any atom is -0.411 e. The van der Waals surface area contributed by atoms with Crippen LogP contribution in [0.2, 0.25) is 0 Å². The van der Waals surface area contributed by atoms with Crippen LogP contribution in [0.1, 0.15) is 25.2 Å². The number of hydrogen-bond donors (Lipinski definition) is 1. The summed E-state index contributed by atoms with van der Waals surface area (Å²) in [7, 11) is 0. The number of oxime groups is 1. The van der Waals surface area contributed by atoms with E-state index in [-0.39, 0.29) is 18.3 Å². The molecule has 0 saturated carbocycles. The maximum Gasteiger partial charge on any atom is 0.184 e. The second kappa shape index (κ2) is 5.28. The van der Waals surface area contributed by atoms with Crippen molar-refractivity contribution in [3.05, 3.63) is 35.9 Å². The first-order valence-electron chi connectivity index (χ1n) is 6.46. The quantitative estimate of drug-likeness (QED) is 0.622. The average Bonchev–Trinajstić information content (AvgIpc) is 2.46. The lowest BCUT2D eigenvalue weighted by Gasteiger charge is -2.41. The Morgan fingerprint density at radius 2 is 2.00 bits per heavy atom. The van der Waals surface area contributed by atoms with Crippen molar-refractivity contribution in [2.75, 3.05) is 6.61 Å². The number of benzene rings is 1. The topological polar surface area (TPSA) is 60.3 Å². The molecule has 0 unspecified atom stereocenters. The molecule has 0 aromatic heterocycles. The number of nitrogens with zero attached hydrogens (tertiary/aromatic N) is 1. The summed E-state index contributed by atoms with van der Waals surface area (Å²) in [5.74, 6) is 0. The van der Waals surface area contributed by atoms with Gasteiger partial charge in [-0.1, -0.05) is 35.5 Å². The van der Waals surface area contributed by atoms with E-state index in [4.69, 9.17) is 19.4 Å². The van der Waals surface area contributed by atoms with Crippen molar-refractivity contribution >= 4 is 5.71 Å². The molecule has 0 amide bonds. The van der Waals surface area contributed by atoms with E-state index < -0.39 is 6.29 Å². The third-order valence-corrected chi connectivity index (χ3v) is 3.45. The molecule has 0 radical (unpaired) electrons. The lowest BCUT2D eigenvalue weighted by molar-refractivity contribution is -0.261. The van der Waals surface area contributed by atoms with Gasteiger partial charge in [0, 0.05) is 12.0 Å². The number of fused-ring (bicyclic) bond motifs is 1. The van der Waals surface area contributed by atoms with Gasteiger partial charge < -0.3 is 19.4 Å². The molecule has 3 rings (SSSR count). The van der Waals surface area contributed by atoms with Crippen LogP contribution in [0, 0.1) is 0 Å². The molecule has 0 bridgehead atoms. The van der Waals surface area contributed by atoms with Gasteiger partial charge in [0.1, 0.15) is 12.2 Å². The Morgan fingerprint density at radius 3 is 2.74 bits per heavy atom. The van der Waals surface area contributed by atoms with Gasteiger partial charge in [-0.3, -0.25) is 0 Å². The van der Waals surface area contributed by atoms with Gasteiger partial charge >= 0.3 is 0 Å². The maximum absolute atomic E-state index is 9.12. The molecule has 2 aliphatic heterocycles. The van der Waals surface area contributed by atoms with Gasteiger partial charge in [0.15, 0.2) is 6.29 Å². The number of ether oxygens (including phenoxy) is 3. The van der Waals surface area contributed by atoms with Crippen LogP contribution in [0.3, 0.4) is 0 Å². The van der Waals surface area contributed by atoms with Crippen molar-refractivity contribution in [1.82, 2.24) is 0 Å². The van der Waals surface area contributed by atoms with E-state index in [1.807, 2.05) is 37.3 Å². The minimum absolute atomic E-state index is 0.0209. The summed E-state index contributed by atoms with van der Waals surface area (Å²) in [6.07, 6.45) is -0.363. The fourth-order valence-electron chi connectivity index (χ4n) is 2.57. The molecule has 102 valence electrons. The van der Waals surface area contributed by atoms with E-state index in [0.29, 0.717) is 18.7 Å². The SMILES string of the molecule is C[C@@H]1CC(=NO)[C@@H]2O[C@@H](c3ccccc3)OC[C@@H]2O1. The lowest BCUT2D eigenvalue weighted by Crippen LogP contribution is -2.52. The molecule has 5 heteroatoms. The highest BCUT2D eigenvalue weighted by atomic mass is 16.7. The van der Waals surface area contributed by atoms with Crippen molar-refractivity contribution in [3.8, 4) is 0 Å². The number of rotatable bonds is 1. The first-order valence-corrected chi connectivity index (χ1v) is 6.46. The van der Waals surface area contributed by atoms with E-state index in [9.17, 15) is 0 Å². The summed E-state index contributed by atoms with van der Waals surface area (Å²) in [5.41, 5.74) is 1.59. The summed E-state index contributed by atoms with van der Waals surface area (Å²) >= 11 is 0. The highest BCUT2D eigenvalue weighted by Crippen LogP contribution is 2.32. The van der Waals surface area contributed by atoms with Crippen LogP contribution < -0.4 is 0 Å². The Balaban J connectivity index is 1.78. The zero-order valence-electron chi connectivity index (χ0n) is 10.7. The molecule has 0 aliphatic carbocycles. The summed E-state index contributed by atoms with van der Waals surface area (Å²) in [4.78, 5) is 0. The predicted octanol–water partition coefficient (Wildman–Crippen LogP) is 2.11. The fourth-order valence-corrected chi connectivity index (χ4v) is 2.57. The van der Waals surface area contributed by atoms with Gasteiger partial charge in [0.25, 0.3) is 0 Å². The van der Waals surface area contributed by atoms with Gasteiger partial charge in [-0.2, -0.15) is 0 Å². The first-order chi connectivity index (χ1) is 9.28. The normalized spacial score (nSPS) is 37.0. The van der Waals surface area contributed by atoms with E-state index in [1.54, 1.807) is 0 Å². The smallest absolute Gasteiger partial charge is 0.184 e. The van der Waals surface area contributed by atoms with Crippen LogP contribution in [0.25, 0.3) is 0 Å². The zero-order chi connectivity index (χ0) is 13.2. The van der Waals surface area contributed by atoms with Crippen LogP contribution in [-0.4, -0.2) is 35.8 Å². The summed E-state index contributed by atoms with van der Waals surface area (Å²) in [6, 6.07) is 9.73. The second-order valence-electron chi connectivity index (χ2n) is 4.91. The Kier molecular flexibility index (Phi) is 3.50. The molecule has 2 aliphatic rings. The Bertz CT molecular complexity index is 462. The minimum atomic E-state index is -0.434. The highest BCUT2D eigenvalue weighted by Gasteiger charge is 2.41. The van der Waals surface area contributed by atoms with Crippen LogP contribution in [0.15, 0.2) is 35.5 Å². The molecule has 2 saturated heterocycles. The standard InChI is InChI=1S/C14H17NO4/c1-9-7-11(15-16)13-12(18-9)8-17-14(19-13)10-5-3-2-4-6-10/h2-6,9,12-14,16H,7-8H2,1H3/t9-,12+,13+,14+/m1/s1. The predicted molar refractivity (Wildman–Crippen MR) is 68.2 cm³/mol. The number of hydrogen-bond acceptors (Lipinski definition) is 5. The van der Waals surface area contributed by atoms with E-state index in [2.05, 4.69) is 5.16 Å². The van der Waals surface area contributed by atoms with Crippen molar-refractivity contribution < 1.29 is 19.4 Å². The summed E-state index contributed by atoms with van der Waals surface area (Å²) in [6.45, 7) is 2.39. The molecular weight excluding hydrogens is 246 g/mol. The molecule has 2 fully saturated rings. The monoisotopic (exact) mass is 263 g/mol. The van der Waals surface area contributed by atoms with E-state index in [1.165, 1.54) is 0 Å². The van der Waals surface area contributed by atoms with Crippen molar-refractivity contribution in [3.63, 3.8) is 0 Å². The average molecular weight is 263 g/mol. The van der Waals surface area contributed by atoms with Gasteiger partial charge in [-0.25, -0.2) is 0 Å². The Morgan fingerprint density at radius 1 is 1.21 bits per heavy atom. The highest BCUT2D eigenvalue weighted by molar-refractivity contribution is 5.90. The van der Waals surface area contributed by atoms with E-state index in [0.717, 1.165) is 5.56 Å². The lowest BCUT2D eigenvalue weighted by atomic mass is 9.98. The van der Waals surface area contributed by atoms with Crippen LogP contribution >= 0.6 is 0 Å². The van der Waals surface area contributed by atoms with Gasteiger partial charge in [-0.05, 0) is 6.92 Å². The third-order valence-electron chi connectivity index (χ3n) is 3.45.